The van der Waals surface area contributed by atoms with Crippen LogP contribution in [0, 0.1) is 0 Å². The second-order valence-electron chi connectivity index (χ2n) is 10.5. The topological polar surface area (TPSA) is 73.9 Å². The molecule has 1 heterocycles. The molecular formula is C35H38N4O3. The Labute approximate surface area is 248 Å². The molecular weight excluding hydrogens is 524 g/mol. The van der Waals surface area contributed by atoms with Gasteiger partial charge >= 0.3 is 0 Å². The molecule has 0 radical (unpaired) electrons. The average Bonchev–Trinajstić information content (AvgIpc) is 3.05. The van der Waals surface area contributed by atoms with Gasteiger partial charge in [-0.15, -0.1) is 0 Å². The van der Waals surface area contributed by atoms with E-state index in [1.807, 2.05) is 91.9 Å². The number of piperazine rings is 1. The van der Waals surface area contributed by atoms with Crippen LogP contribution in [0.1, 0.15) is 51.7 Å². The Bertz CT molecular complexity index is 1510. The quantitative estimate of drug-likeness (QED) is 0.250. The number of hydrogen-bond donors (Lipinski definition) is 2. The molecule has 7 heteroatoms. The van der Waals surface area contributed by atoms with Crippen molar-refractivity contribution in [2.75, 3.05) is 48.4 Å². The molecule has 1 atom stereocenters. The van der Waals surface area contributed by atoms with Crippen LogP contribution in [-0.2, 0) is 6.42 Å². The molecule has 1 unspecified atom stereocenters. The van der Waals surface area contributed by atoms with E-state index in [1.165, 1.54) is 5.56 Å². The summed E-state index contributed by atoms with van der Waals surface area (Å²) in [6.07, 6.45) is 0.913. The zero-order chi connectivity index (χ0) is 29.5. The monoisotopic (exact) mass is 562 g/mol. The Hall–Kier alpha value is -4.78. The van der Waals surface area contributed by atoms with Crippen LogP contribution in [0.25, 0.3) is 0 Å². The van der Waals surface area contributed by atoms with E-state index in [0.29, 0.717) is 16.8 Å². The number of aryl methyl sites for hydroxylation is 1. The van der Waals surface area contributed by atoms with E-state index >= 15 is 0 Å². The summed E-state index contributed by atoms with van der Waals surface area (Å²) in [7, 11) is 1.69. The molecule has 2 amide bonds. The van der Waals surface area contributed by atoms with Crippen molar-refractivity contribution in [2.24, 2.45) is 0 Å². The van der Waals surface area contributed by atoms with E-state index in [4.69, 9.17) is 4.74 Å². The van der Waals surface area contributed by atoms with Crippen molar-refractivity contribution in [3.63, 3.8) is 0 Å². The lowest BCUT2D eigenvalue weighted by atomic mass is 10.1. The van der Waals surface area contributed by atoms with Crippen LogP contribution >= 0.6 is 0 Å². The lowest BCUT2D eigenvalue weighted by Gasteiger charge is -2.38. The zero-order valence-electron chi connectivity index (χ0n) is 24.5. The van der Waals surface area contributed by atoms with Gasteiger partial charge in [0.1, 0.15) is 5.75 Å². The smallest absolute Gasteiger partial charge is 0.255 e. The van der Waals surface area contributed by atoms with Crippen molar-refractivity contribution in [1.82, 2.24) is 5.32 Å². The Balaban J connectivity index is 1.38. The third-order valence-electron chi connectivity index (χ3n) is 7.82. The number of nitrogens with one attached hydrogen (secondary N) is 2. The summed E-state index contributed by atoms with van der Waals surface area (Å²) < 4.78 is 5.58. The summed E-state index contributed by atoms with van der Waals surface area (Å²) in [5.41, 5.74) is 5.80. The van der Waals surface area contributed by atoms with E-state index < -0.39 is 0 Å². The molecule has 7 nitrogen and oxygen atoms in total. The maximum atomic E-state index is 13.8. The minimum absolute atomic E-state index is 0.177. The molecule has 1 saturated heterocycles. The summed E-state index contributed by atoms with van der Waals surface area (Å²) in [6, 6.07) is 31.0. The number of amides is 2. The number of benzene rings is 4. The summed E-state index contributed by atoms with van der Waals surface area (Å²) >= 11 is 0. The molecule has 1 fully saturated rings. The van der Waals surface area contributed by atoms with Gasteiger partial charge in [-0.1, -0.05) is 61.5 Å². The summed E-state index contributed by atoms with van der Waals surface area (Å²) in [6.45, 7) is 7.11. The fraction of sp³-hybridized carbons (Fsp3) is 0.257. The van der Waals surface area contributed by atoms with Gasteiger partial charge in [0.05, 0.1) is 24.4 Å². The Morgan fingerprint density at radius 1 is 0.786 bits per heavy atom. The number of para-hydroxylation sites is 2. The Morgan fingerprint density at radius 2 is 1.43 bits per heavy atom. The summed E-state index contributed by atoms with van der Waals surface area (Å²) in [5.74, 6) is 0.460. The van der Waals surface area contributed by atoms with Gasteiger partial charge in [-0.2, -0.15) is 0 Å². The lowest BCUT2D eigenvalue weighted by molar-refractivity contribution is 0.0939. The van der Waals surface area contributed by atoms with Gasteiger partial charge in [-0.25, -0.2) is 0 Å². The van der Waals surface area contributed by atoms with E-state index in [-0.39, 0.29) is 17.9 Å². The molecule has 1 aliphatic heterocycles. The standard InChI is InChI=1S/C35H38N4O3/c1-4-26-14-16-28(17-15-26)34(40)37-29-18-19-31(30(24-29)35(41)36-25(2)27-10-6-5-7-11-27)38-20-22-39(23-21-38)32-12-8-9-13-33(32)42-3/h5-19,24-25H,4,20-23H2,1-3H3,(H,36,41)(H,37,40). The minimum atomic E-state index is -0.208. The highest BCUT2D eigenvalue weighted by atomic mass is 16.5. The maximum Gasteiger partial charge on any atom is 0.255 e. The first-order valence-corrected chi connectivity index (χ1v) is 14.5. The van der Waals surface area contributed by atoms with Crippen molar-refractivity contribution >= 4 is 28.9 Å². The zero-order valence-corrected chi connectivity index (χ0v) is 24.5. The van der Waals surface area contributed by atoms with Gasteiger partial charge in [0, 0.05) is 43.1 Å². The molecule has 5 rings (SSSR count). The van der Waals surface area contributed by atoms with Gasteiger partial charge in [0.15, 0.2) is 0 Å². The van der Waals surface area contributed by atoms with Crippen LogP contribution in [0.15, 0.2) is 97.1 Å². The molecule has 216 valence electrons. The van der Waals surface area contributed by atoms with Crippen molar-refractivity contribution in [3.8, 4) is 5.75 Å². The van der Waals surface area contributed by atoms with Crippen LogP contribution in [0.3, 0.4) is 0 Å². The van der Waals surface area contributed by atoms with Crippen molar-refractivity contribution < 1.29 is 14.3 Å². The Morgan fingerprint density at radius 3 is 2.10 bits per heavy atom. The summed E-state index contributed by atoms with van der Waals surface area (Å²) in [4.78, 5) is 31.3. The number of methoxy groups -OCH3 is 1. The van der Waals surface area contributed by atoms with Crippen LogP contribution in [0.4, 0.5) is 17.1 Å². The lowest BCUT2D eigenvalue weighted by Crippen LogP contribution is -2.47. The van der Waals surface area contributed by atoms with Crippen LogP contribution in [0.5, 0.6) is 5.75 Å². The number of ether oxygens (including phenoxy) is 1. The first-order valence-electron chi connectivity index (χ1n) is 14.5. The predicted octanol–water partition coefficient (Wildman–Crippen LogP) is 6.33. The highest BCUT2D eigenvalue weighted by Crippen LogP contribution is 2.31. The number of rotatable bonds is 9. The molecule has 1 aliphatic rings. The average molecular weight is 563 g/mol. The number of carbonyl (C=O) groups is 2. The van der Waals surface area contributed by atoms with Crippen LogP contribution in [-0.4, -0.2) is 45.1 Å². The molecule has 0 spiro atoms. The van der Waals surface area contributed by atoms with Gasteiger partial charge in [-0.05, 0) is 66.9 Å². The van der Waals surface area contributed by atoms with E-state index in [1.54, 1.807) is 13.2 Å². The third kappa shape index (κ3) is 6.57. The second kappa shape index (κ2) is 13.3. The number of carbonyl (C=O) groups excluding carboxylic acids is 2. The van der Waals surface area contributed by atoms with E-state index in [2.05, 4.69) is 33.4 Å². The fourth-order valence-electron chi connectivity index (χ4n) is 5.35. The molecule has 42 heavy (non-hydrogen) atoms. The molecule has 0 aromatic heterocycles. The van der Waals surface area contributed by atoms with Crippen molar-refractivity contribution in [2.45, 2.75) is 26.3 Å². The largest absolute Gasteiger partial charge is 0.495 e. The molecule has 2 N–H and O–H groups in total. The third-order valence-corrected chi connectivity index (χ3v) is 7.82. The van der Waals surface area contributed by atoms with Crippen LogP contribution < -0.4 is 25.2 Å². The first-order chi connectivity index (χ1) is 20.5. The molecule has 0 aliphatic carbocycles. The normalized spacial score (nSPS) is 13.8. The van der Waals surface area contributed by atoms with Gasteiger partial charge in [0.25, 0.3) is 11.8 Å². The van der Waals surface area contributed by atoms with Crippen LogP contribution in [0.2, 0.25) is 0 Å². The number of hydrogen-bond acceptors (Lipinski definition) is 5. The van der Waals surface area contributed by atoms with Crippen molar-refractivity contribution in [1.29, 1.82) is 0 Å². The Kier molecular flexibility index (Phi) is 9.07. The second-order valence-corrected chi connectivity index (χ2v) is 10.5. The number of anilines is 3. The molecule has 4 aromatic rings. The van der Waals surface area contributed by atoms with Gasteiger partial charge in [0.2, 0.25) is 0 Å². The van der Waals surface area contributed by atoms with E-state index in [9.17, 15) is 9.59 Å². The molecule has 0 saturated carbocycles. The van der Waals surface area contributed by atoms with E-state index in [0.717, 1.165) is 55.3 Å². The summed E-state index contributed by atoms with van der Waals surface area (Å²) in [5, 5.41) is 6.15. The molecule has 4 aromatic carbocycles. The number of nitrogens with zero attached hydrogens (tertiary/aromatic N) is 2. The minimum Gasteiger partial charge on any atom is -0.495 e. The predicted molar refractivity (Wildman–Crippen MR) is 170 cm³/mol. The molecule has 0 bridgehead atoms. The SMILES string of the molecule is CCc1ccc(C(=O)Nc2ccc(N3CCN(c4ccccc4OC)CC3)c(C(=O)NC(C)c3ccccc3)c2)cc1. The van der Waals surface area contributed by atoms with Gasteiger partial charge < -0.3 is 25.2 Å². The maximum absolute atomic E-state index is 13.8. The van der Waals surface area contributed by atoms with Crippen molar-refractivity contribution in [3.05, 3.63) is 119 Å². The highest BCUT2D eigenvalue weighted by Gasteiger charge is 2.24. The fourth-order valence-corrected chi connectivity index (χ4v) is 5.35. The van der Waals surface area contributed by atoms with Gasteiger partial charge in [-0.3, -0.25) is 9.59 Å². The highest BCUT2D eigenvalue weighted by molar-refractivity contribution is 6.06. The first kappa shape index (κ1) is 28.7.